The third-order valence-corrected chi connectivity index (χ3v) is 3.90. The second-order valence-electron chi connectivity index (χ2n) is 5.34. The van der Waals surface area contributed by atoms with E-state index in [1.54, 1.807) is 0 Å². The predicted octanol–water partition coefficient (Wildman–Crippen LogP) is 4.66. The number of nitrogens with zero attached hydrogens (tertiary/aromatic N) is 3. The highest BCUT2D eigenvalue weighted by Crippen LogP contribution is 2.25. The quantitative estimate of drug-likeness (QED) is 0.686. The topological polar surface area (TPSA) is 29.0 Å². The summed E-state index contributed by atoms with van der Waals surface area (Å²) in [5, 5.41) is 0. The van der Waals surface area contributed by atoms with Crippen molar-refractivity contribution in [1.29, 1.82) is 0 Å². The molecule has 0 saturated carbocycles. The minimum atomic E-state index is 0.772. The molecule has 0 unspecified atom stereocenters. The summed E-state index contributed by atoms with van der Waals surface area (Å²) < 4.78 is 0. The number of anilines is 1. The molecule has 2 aromatic carbocycles. The number of benzene rings is 2. The number of hydrogen-bond donors (Lipinski definition) is 0. The molecule has 3 heteroatoms. The molecule has 0 atom stereocenters. The van der Waals surface area contributed by atoms with E-state index >= 15 is 0 Å². The fourth-order valence-electron chi connectivity index (χ4n) is 2.62. The largest absolute Gasteiger partial charge is 0.357 e. The molecule has 3 rings (SSSR count). The van der Waals surface area contributed by atoms with Gasteiger partial charge in [-0.1, -0.05) is 60.7 Å². The van der Waals surface area contributed by atoms with E-state index in [1.807, 2.05) is 36.4 Å². The van der Waals surface area contributed by atoms with E-state index < -0.39 is 0 Å². The summed E-state index contributed by atoms with van der Waals surface area (Å²) in [6.45, 7) is 6.15. The van der Waals surface area contributed by atoms with Crippen molar-refractivity contribution in [1.82, 2.24) is 9.97 Å². The summed E-state index contributed by atoms with van der Waals surface area (Å²) in [5.41, 5.74) is 3.11. The Morgan fingerprint density at radius 1 is 0.739 bits per heavy atom. The van der Waals surface area contributed by atoms with Gasteiger partial charge in [0.25, 0.3) is 0 Å². The summed E-state index contributed by atoms with van der Waals surface area (Å²) in [6.07, 6.45) is 0. The lowest BCUT2D eigenvalue weighted by atomic mass is 10.1. The zero-order valence-electron chi connectivity index (χ0n) is 13.6. The molecule has 0 spiro atoms. The standard InChI is InChI=1S/C20H21N3/c1-3-23(4-2)19-15-18(16-11-7-5-8-12-16)21-20(22-19)17-13-9-6-10-14-17/h5-15H,3-4H2,1-2H3. The van der Waals surface area contributed by atoms with Gasteiger partial charge in [-0.15, -0.1) is 0 Å². The second-order valence-corrected chi connectivity index (χ2v) is 5.34. The van der Waals surface area contributed by atoms with Crippen molar-refractivity contribution in [3.8, 4) is 22.6 Å². The molecule has 0 aliphatic heterocycles. The van der Waals surface area contributed by atoms with Gasteiger partial charge < -0.3 is 4.90 Å². The number of aromatic nitrogens is 2. The molecule has 1 heterocycles. The Hall–Kier alpha value is -2.68. The third kappa shape index (κ3) is 3.39. The van der Waals surface area contributed by atoms with Crippen molar-refractivity contribution >= 4 is 5.82 Å². The van der Waals surface area contributed by atoms with Gasteiger partial charge in [0.05, 0.1) is 5.69 Å². The maximum Gasteiger partial charge on any atom is 0.162 e. The van der Waals surface area contributed by atoms with Gasteiger partial charge in [-0.2, -0.15) is 0 Å². The van der Waals surface area contributed by atoms with E-state index in [0.29, 0.717) is 0 Å². The van der Waals surface area contributed by atoms with E-state index in [1.165, 1.54) is 0 Å². The highest BCUT2D eigenvalue weighted by molar-refractivity contribution is 5.67. The fourth-order valence-corrected chi connectivity index (χ4v) is 2.62. The lowest BCUT2D eigenvalue weighted by Crippen LogP contribution is -2.23. The van der Waals surface area contributed by atoms with E-state index in [2.05, 4.69) is 49.1 Å². The molecule has 3 nitrogen and oxygen atoms in total. The Bertz CT molecular complexity index is 693. The minimum absolute atomic E-state index is 0.772. The average molecular weight is 303 g/mol. The summed E-state index contributed by atoms with van der Waals surface area (Å²) >= 11 is 0. The molecule has 0 radical (unpaired) electrons. The second kappa shape index (κ2) is 7.05. The van der Waals surface area contributed by atoms with Gasteiger partial charge in [0.15, 0.2) is 5.82 Å². The van der Waals surface area contributed by atoms with Crippen LogP contribution in [-0.2, 0) is 0 Å². The molecule has 116 valence electrons. The molecule has 0 amide bonds. The zero-order chi connectivity index (χ0) is 16.1. The lowest BCUT2D eigenvalue weighted by molar-refractivity contribution is 0.843. The maximum atomic E-state index is 4.79. The minimum Gasteiger partial charge on any atom is -0.357 e. The average Bonchev–Trinajstić information content (AvgIpc) is 2.64. The normalized spacial score (nSPS) is 10.5. The molecule has 0 aliphatic rings. The third-order valence-electron chi connectivity index (χ3n) is 3.90. The summed E-state index contributed by atoms with van der Waals surface area (Å²) in [6, 6.07) is 22.5. The Kier molecular flexibility index (Phi) is 4.67. The SMILES string of the molecule is CCN(CC)c1cc(-c2ccccc2)nc(-c2ccccc2)n1. The van der Waals surface area contributed by atoms with Crippen LogP contribution in [-0.4, -0.2) is 23.1 Å². The first-order valence-corrected chi connectivity index (χ1v) is 8.06. The molecule has 3 aromatic rings. The van der Waals surface area contributed by atoms with Crippen LogP contribution >= 0.6 is 0 Å². The molecule has 0 fully saturated rings. The molecular formula is C20H21N3. The van der Waals surface area contributed by atoms with Gasteiger partial charge in [0, 0.05) is 30.3 Å². The van der Waals surface area contributed by atoms with Crippen LogP contribution < -0.4 is 4.90 Å². The van der Waals surface area contributed by atoms with Gasteiger partial charge in [-0.25, -0.2) is 9.97 Å². The first-order chi connectivity index (χ1) is 11.3. The summed E-state index contributed by atoms with van der Waals surface area (Å²) in [4.78, 5) is 11.8. The Morgan fingerprint density at radius 3 is 1.87 bits per heavy atom. The van der Waals surface area contributed by atoms with Gasteiger partial charge in [0.2, 0.25) is 0 Å². The highest BCUT2D eigenvalue weighted by Gasteiger charge is 2.11. The summed E-state index contributed by atoms with van der Waals surface area (Å²) in [7, 11) is 0. The fraction of sp³-hybridized carbons (Fsp3) is 0.200. The van der Waals surface area contributed by atoms with Crippen molar-refractivity contribution in [3.05, 3.63) is 66.7 Å². The van der Waals surface area contributed by atoms with Crippen molar-refractivity contribution in [3.63, 3.8) is 0 Å². The molecule has 0 bridgehead atoms. The van der Waals surface area contributed by atoms with Crippen LogP contribution in [0.3, 0.4) is 0 Å². The Balaban J connectivity index is 2.15. The van der Waals surface area contributed by atoms with Crippen LogP contribution in [0.5, 0.6) is 0 Å². The number of rotatable bonds is 5. The van der Waals surface area contributed by atoms with Gasteiger partial charge >= 0.3 is 0 Å². The van der Waals surface area contributed by atoms with Crippen molar-refractivity contribution in [2.45, 2.75) is 13.8 Å². The maximum absolute atomic E-state index is 4.79. The molecule has 0 saturated heterocycles. The zero-order valence-corrected chi connectivity index (χ0v) is 13.6. The molecule has 0 aliphatic carbocycles. The van der Waals surface area contributed by atoms with E-state index in [-0.39, 0.29) is 0 Å². The predicted molar refractivity (Wildman–Crippen MR) is 96.5 cm³/mol. The van der Waals surface area contributed by atoms with Crippen LogP contribution in [0.15, 0.2) is 66.7 Å². The van der Waals surface area contributed by atoms with Gasteiger partial charge in [-0.05, 0) is 13.8 Å². The first kappa shape index (κ1) is 15.2. The van der Waals surface area contributed by atoms with Crippen molar-refractivity contribution in [2.75, 3.05) is 18.0 Å². The monoisotopic (exact) mass is 303 g/mol. The van der Waals surface area contributed by atoms with Gasteiger partial charge in [-0.3, -0.25) is 0 Å². The van der Waals surface area contributed by atoms with Crippen LogP contribution in [0.25, 0.3) is 22.6 Å². The molecule has 1 aromatic heterocycles. The van der Waals surface area contributed by atoms with Crippen LogP contribution in [0.2, 0.25) is 0 Å². The summed E-state index contributed by atoms with van der Waals surface area (Å²) in [5.74, 6) is 1.75. The number of hydrogen-bond acceptors (Lipinski definition) is 3. The molecule has 23 heavy (non-hydrogen) atoms. The molecular weight excluding hydrogens is 282 g/mol. The van der Waals surface area contributed by atoms with Crippen molar-refractivity contribution < 1.29 is 0 Å². The Labute approximate surface area is 137 Å². The van der Waals surface area contributed by atoms with Crippen LogP contribution in [0, 0.1) is 0 Å². The lowest BCUT2D eigenvalue weighted by Gasteiger charge is -2.21. The van der Waals surface area contributed by atoms with E-state index in [4.69, 9.17) is 9.97 Å². The first-order valence-electron chi connectivity index (χ1n) is 8.06. The van der Waals surface area contributed by atoms with Crippen LogP contribution in [0.4, 0.5) is 5.82 Å². The van der Waals surface area contributed by atoms with Crippen LogP contribution in [0.1, 0.15) is 13.8 Å². The molecule has 0 N–H and O–H groups in total. The van der Waals surface area contributed by atoms with E-state index in [9.17, 15) is 0 Å². The smallest absolute Gasteiger partial charge is 0.162 e. The van der Waals surface area contributed by atoms with Crippen molar-refractivity contribution in [2.24, 2.45) is 0 Å². The van der Waals surface area contributed by atoms with Gasteiger partial charge in [0.1, 0.15) is 5.82 Å². The Morgan fingerprint density at radius 2 is 1.30 bits per heavy atom. The highest BCUT2D eigenvalue weighted by atomic mass is 15.2. The van der Waals surface area contributed by atoms with E-state index in [0.717, 1.165) is 41.6 Å².